The number of esters is 1. The Bertz CT molecular complexity index is 1990. The van der Waals surface area contributed by atoms with Crippen LogP contribution in [-0.4, -0.2) is 30.0 Å². The molecule has 0 radical (unpaired) electrons. The molecule has 0 unspecified atom stereocenters. The van der Waals surface area contributed by atoms with E-state index in [9.17, 15) is 9.59 Å². The Morgan fingerprint density at radius 1 is 0.860 bits per heavy atom. The third-order valence-electron chi connectivity index (χ3n) is 7.43. The fraction of sp³-hybridized carbons (Fsp3) is 0.125. The Balaban J connectivity index is 0.00000239. The number of benzene rings is 5. The van der Waals surface area contributed by atoms with E-state index >= 15 is 0 Å². The van der Waals surface area contributed by atoms with Crippen molar-refractivity contribution in [3.8, 4) is 33.9 Å². The van der Waals surface area contributed by atoms with Crippen LogP contribution in [0.4, 0.5) is 5.69 Å². The number of oxazole rings is 1. The smallest absolute Gasteiger partial charge is 0.328 e. The number of ether oxygens (including phenoxy) is 2. The Morgan fingerprint density at radius 2 is 1.56 bits per heavy atom. The molecule has 0 aliphatic heterocycles. The zero-order chi connectivity index (χ0) is 35.3. The Kier molecular flexibility index (Phi) is 12.7. The molecule has 10 heteroatoms. The molecule has 0 bridgehead atoms. The third-order valence-corrected chi connectivity index (χ3v) is 8.50. The summed E-state index contributed by atoms with van der Waals surface area (Å²) in [5, 5.41) is 3.23. The summed E-state index contributed by atoms with van der Waals surface area (Å²) >= 11 is 7.62. The van der Waals surface area contributed by atoms with Gasteiger partial charge in [-0.15, -0.1) is 0 Å². The van der Waals surface area contributed by atoms with Gasteiger partial charge in [-0.1, -0.05) is 98.2 Å². The number of carbonyl (C=O) groups excluding carboxylic acids is 2. The van der Waals surface area contributed by atoms with Gasteiger partial charge in [-0.25, -0.2) is 9.78 Å². The van der Waals surface area contributed by atoms with Gasteiger partial charge < -0.3 is 23.9 Å². The largest absolute Gasteiger partial charge is 0.467 e. The van der Waals surface area contributed by atoms with Gasteiger partial charge in [0.15, 0.2) is 12.2 Å². The average molecular weight is 706 g/mol. The van der Waals surface area contributed by atoms with E-state index in [1.54, 1.807) is 24.4 Å². The van der Waals surface area contributed by atoms with Crippen LogP contribution in [0.2, 0.25) is 5.02 Å². The zero-order valence-corrected chi connectivity index (χ0v) is 29.3. The summed E-state index contributed by atoms with van der Waals surface area (Å²) in [5.41, 5.74) is 4.43. The number of rotatable bonds is 12. The van der Waals surface area contributed by atoms with Crippen molar-refractivity contribution in [2.45, 2.75) is 31.2 Å². The van der Waals surface area contributed by atoms with Gasteiger partial charge in [0.25, 0.3) is 5.91 Å². The van der Waals surface area contributed by atoms with E-state index in [-0.39, 0.29) is 12.0 Å². The predicted octanol–water partition coefficient (Wildman–Crippen LogP) is 10.1. The zero-order valence-electron chi connectivity index (χ0n) is 27.8. The monoisotopic (exact) mass is 705 g/mol. The van der Waals surface area contributed by atoms with Crippen LogP contribution < -0.4 is 14.8 Å². The van der Waals surface area contributed by atoms with Crippen LogP contribution in [0.5, 0.6) is 11.5 Å². The minimum atomic E-state index is -0.940. The van der Waals surface area contributed by atoms with Crippen LogP contribution in [0.1, 0.15) is 29.8 Å². The Morgan fingerprint density at radius 3 is 2.26 bits per heavy atom. The SMILES string of the molecule is CC.COC(=O)[C@H](Cc1ccc(-c2ccccc2Oc2ccccc2)cc1)NC(=O)c1cc(Cl)ccc1NSc1ccc(-c2cnco2)cc1. The van der Waals surface area contributed by atoms with Gasteiger partial charge in [-0.05, 0) is 71.6 Å². The molecule has 1 aromatic heterocycles. The lowest BCUT2D eigenvalue weighted by molar-refractivity contribution is -0.142. The third kappa shape index (κ3) is 9.34. The molecule has 8 nitrogen and oxygen atoms in total. The molecule has 1 heterocycles. The molecule has 6 rings (SSSR count). The summed E-state index contributed by atoms with van der Waals surface area (Å²) in [7, 11) is 1.30. The lowest BCUT2D eigenvalue weighted by Gasteiger charge is -2.19. The van der Waals surface area contributed by atoms with Gasteiger partial charge in [0.1, 0.15) is 17.5 Å². The number of hydrogen-bond donors (Lipinski definition) is 2. The lowest BCUT2D eigenvalue weighted by atomic mass is 9.99. The Hall–Kier alpha value is -5.51. The van der Waals surface area contributed by atoms with E-state index in [1.165, 1.54) is 25.5 Å². The number of carbonyl (C=O) groups is 2. The van der Waals surface area contributed by atoms with Crippen molar-refractivity contribution in [3.05, 3.63) is 150 Å². The van der Waals surface area contributed by atoms with Crippen molar-refractivity contribution in [3.63, 3.8) is 0 Å². The minimum absolute atomic E-state index is 0.219. The second kappa shape index (κ2) is 17.8. The van der Waals surface area contributed by atoms with Crippen LogP contribution in [0, 0.1) is 0 Å². The van der Waals surface area contributed by atoms with Crippen LogP contribution >= 0.6 is 23.5 Å². The first-order chi connectivity index (χ1) is 24.5. The molecule has 0 saturated carbocycles. The topological polar surface area (TPSA) is 103 Å². The summed E-state index contributed by atoms with van der Waals surface area (Å²) in [5.74, 6) is 1.11. The number of anilines is 1. The molecule has 254 valence electrons. The average Bonchev–Trinajstić information content (AvgIpc) is 3.71. The van der Waals surface area contributed by atoms with E-state index in [1.807, 2.05) is 117 Å². The maximum Gasteiger partial charge on any atom is 0.328 e. The first kappa shape index (κ1) is 35.8. The van der Waals surface area contributed by atoms with Gasteiger partial charge in [0, 0.05) is 27.5 Å². The molecule has 0 aliphatic rings. The molecule has 1 atom stereocenters. The maximum absolute atomic E-state index is 13.6. The summed E-state index contributed by atoms with van der Waals surface area (Å²) < 4.78 is 19.8. The van der Waals surface area contributed by atoms with Crippen molar-refractivity contribution >= 4 is 41.1 Å². The second-order valence-corrected chi connectivity index (χ2v) is 12.0. The van der Waals surface area contributed by atoms with E-state index in [4.69, 9.17) is 25.5 Å². The predicted molar refractivity (Wildman–Crippen MR) is 200 cm³/mol. The number of halogens is 1. The van der Waals surface area contributed by atoms with Crippen LogP contribution in [0.3, 0.4) is 0 Å². The molecule has 0 fully saturated rings. The molecule has 6 aromatic rings. The number of nitrogens with one attached hydrogen (secondary N) is 2. The summed E-state index contributed by atoms with van der Waals surface area (Å²) in [4.78, 5) is 31.3. The highest BCUT2D eigenvalue weighted by molar-refractivity contribution is 8.00. The van der Waals surface area contributed by atoms with E-state index in [2.05, 4.69) is 15.0 Å². The van der Waals surface area contributed by atoms with Crippen LogP contribution in [-0.2, 0) is 16.0 Å². The molecule has 1 amide bonds. The fourth-order valence-corrected chi connectivity index (χ4v) is 5.84. The molecule has 0 saturated heterocycles. The normalized spacial score (nSPS) is 11.0. The lowest BCUT2D eigenvalue weighted by Crippen LogP contribution is -2.43. The number of para-hydroxylation sites is 2. The van der Waals surface area contributed by atoms with Crippen molar-refractivity contribution in [1.29, 1.82) is 0 Å². The van der Waals surface area contributed by atoms with Crippen molar-refractivity contribution in [1.82, 2.24) is 10.3 Å². The molecule has 2 N–H and O–H groups in total. The van der Waals surface area contributed by atoms with E-state index in [0.29, 0.717) is 16.5 Å². The highest BCUT2D eigenvalue weighted by Crippen LogP contribution is 2.34. The van der Waals surface area contributed by atoms with E-state index in [0.717, 1.165) is 38.6 Å². The number of aromatic nitrogens is 1. The van der Waals surface area contributed by atoms with Gasteiger partial charge >= 0.3 is 5.97 Å². The number of methoxy groups -OCH3 is 1. The van der Waals surface area contributed by atoms with Crippen molar-refractivity contribution in [2.75, 3.05) is 11.8 Å². The molecule has 5 aromatic carbocycles. The first-order valence-corrected chi connectivity index (χ1v) is 17.2. The van der Waals surface area contributed by atoms with E-state index < -0.39 is 17.9 Å². The van der Waals surface area contributed by atoms with Gasteiger partial charge in [-0.2, -0.15) is 0 Å². The molecule has 50 heavy (non-hydrogen) atoms. The van der Waals surface area contributed by atoms with Crippen LogP contribution in [0.25, 0.3) is 22.5 Å². The summed E-state index contributed by atoms with van der Waals surface area (Å²) in [6, 6.07) is 36.9. The number of hydrogen-bond acceptors (Lipinski definition) is 8. The summed E-state index contributed by atoms with van der Waals surface area (Å²) in [6.45, 7) is 4.00. The standard InChI is InChI=1S/C38H30ClN3O5S.C2H6/c1-45-38(44)34(21-25-11-13-26(14-12-25)31-9-5-6-10-35(31)47-29-7-3-2-4-8-29)41-37(43)32-22-28(39)17-20-33(32)42-48-30-18-15-27(16-19-30)36-23-40-24-46-36;1-2/h2-20,22-24,34,42H,21H2,1H3,(H,41,43);1-2H3/t34-;/m0./s1. The highest BCUT2D eigenvalue weighted by atomic mass is 35.5. The number of amides is 1. The molecule has 0 spiro atoms. The van der Waals surface area contributed by atoms with Gasteiger partial charge in [0.2, 0.25) is 0 Å². The highest BCUT2D eigenvalue weighted by Gasteiger charge is 2.24. The minimum Gasteiger partial charge on any atom is -0.467 e. The quantitative estimate of drug-likeness (QED) is 0.0958. The fourth-order valence-electron chi connectivity index (χ4n) is 4.99. The van der Waals surface area contributed by atoms with Crippen molar-refractivity contribution in [2.24, 2.45) is 0 Å². The van der Waals surface area contributed by atoms with Gasteiger partial charge in [0.05, 0.1) is 24.6 Å². The van der Waals surface area contributed by atoms with Crippen molar-refractivity contribution < 1.29 is 23.5 Å². The molecular weight excluding hydrogens is 670 g/mol. The second-order valence-electron chi connectivity index (χ2n) is 10.6. The first-order valence-electron chi connectivity index (χ1n) is 16.0. The molecular formula is C40H36ClN3O5S. The summed E-state index contributed by atoms with van der Waals surface area (Å²) in [6.07, 6.45) is 3.26. The van der Waals surface area contributed by atoms with Crippen LogP contribution in [0.15, 0.2) is 143 Å². The Labute approximate surface area is 301 Å². The maximum atomic E-state index is 13.6. The van der Waals surface area contributed by atoms with Gasteiger partial charge in [-0.3, -0.25) is 4.79 Å². The number of nitrogens with zero attached hydrogens (tertiary/aromatic N) is 1. The molecule has 0 aliphatic carbocycles.